The van der Waals surface area contributed by atoms with Crippen molar-refractivity contribution in [2.75, 3.05) is 5.43 Å². The van der Waals surface area contributed by atoms with Crippen LogP contribution in [0.25, 0.3) is 0 Å². The van der Waals surface area contributed by atoms with Gasteiger partial charge in [0, 0.05) is 11.1 Å². The highest BCUT2D eigenvalue weighted by atomic mass is 32.1. The maximum Gasteiger partial charge on any atom is 0.139 e. The van der Waals surface area contributed by atoms with Crippen LogP contribution in [0.15, 0.2) is 35.8 Å². The fraction of sp³-hybridized carbons (Fsp3) is 0.182. The standard InChI is InChI=1S/C11H13N3OS/c12-14-11-4-3-9(6-13-11)7-15-8-10-2-1-5-16-10/h1-6H,7-8,12H2,(H,13,14). The smallest absolute Gasteiger partial charge is 0.139 e. The lowest BCUT2D eigenvalue weighted by Gasteiger charge is -2.03. The van der Waals surface area contributed by atoms with E-state index in [1.165, 1.54) is 4.88 Å². The van der Waals surface area contributed by atoms with E-state index in [-0.39, 0.29) is 0 Å². The molecule has 2 aromatic rings. The van der Waals surface area contributed by atoms with E-state index < -0.39 is 0 Å². The molecule has 2 rings (SSSR count). The summed E-state index contributed by atoms with van der Waals surface area (Å²) in [6.07, 6.45) is 1.75. The van der Waals surface area contributed by atoms with Gasteiger partial charge in [-0.05, 0) is 23.1 Å². The number of hydrogen-bond acceptors (Lipinski definition) is 5. The number of nitrogens with one attached hydrogen (secondary N) is 1. The van der Waals surface area contributed by atoms with Crippen LogP contribution in [0.2, 0.25) is 0 Å². The summed E-state index contributed by atoms with van der Waals surface area (Å²) in [5.74, 6) is 5.88. The van der Waals surface area contributed by atoms with Crippen LogP contribution in [0, 0.1) is 0 Å². The summed E-state index contributed by atoms with van der Waals surface area (Å²) >= 11 is 1.70. The first-order valence-electron chi connectivity index (χ1n) is 4.90. The average Bonchev–Trinajstić information content (AvgIpc) is 2.83. The van der Waals surface area contributed by atoms with Gasteiger partial charge < -0.3 is 10.2 Å². The quantitative estimate of drug-likeness (QED) is 0.616. The minimum atomic E-state index is 0.565. The van der Waals surface area contributed by atoms with Crippen LogP contribution in [0.4, 0.5) is 5.82 Å². The molecule has 0 spiro atoms. The number of aromatic nitrogens is 1. The molecular weight excluding hydrogens is 222 g/mol. The first-order valence-corrected chi connectivity index (χ1v) is 5.78. The number of thiophene rings is 1. The molecule has 0 aliphatic carbocycles. The topological polar surface area (TPSA) is 60.2 Å². The third kappa shape index (κ3) is 3.03. The first-order chi connectivity index (χ1) is 7.88. The Kier molecular flexibility index (Phi) is 3.87. The second kappa shape index (κ2) is 5.60. The Morgan fingerprint density at radius 2 is 2.25 bits per heavy atom. The number of hydrogen-bond donors (Lipinski definition) is 2. The maximum absolute atomic E-state index is 5.56. The van der Waals surface area contributed by atoms with Gasteiger partial charge in [-0.1, -0.05) is 12.1 Å². The maximum atomic E-state index is 5.56. The first kappa shape index (κ1) is 11.1. The highest BCUT2D eigenvalue weighted by Crippen LogP contribution is 2.11. The lowest BCUT2D eigenvalue weighted by Crippen LogP contribution is -2.08. The molecule has 0 radical (unpaired) electrons. The van der Waals surface area contributed by atoms with E-state index in [9.17, 15) is 0 Å². The van der Waals surface area contributed by atoms with Crippen molar-refractivity contribution in [3.8, 4) is 0 Å². The summed E-state index contributed by atoms with van der Waals surface area (Å²) < 4.78 is 5.56. The molecule has 0 saturated heterocycles. The van der Waals surface area contributed by atoms with Crippen LogP contribution in [0.3, 0.4) is 0 Å². The minimum Gasteiger partial charge on any atom is -0.371 e. The molecule has 4 nitrogen and oxygen atoms in total. The number of rotatable bonds is 5. The van der Waals surface area contributed by atoms with Gasteiger partial charge in [-0.2, -0.15) is 0 Å². The molecule has 0 bridgehead atoms. The summed E-state index contributed by atoms with van der Waals surface area (Å²) in [5, 5.41) is 2.04. The number of nitrogen functional groups attached to an aromatic ring is 1. The highest BCUT2D eigenvalue weighted by molar-refractivity contribution is 7.09. The van der Waals surface area contributed by atoms with Crippen molar-refractivity contribution < 1.29 is 4.74 Å². The highest BCUT2D eigenvalue weighted by Gasteiger charge is 1.97. The van der Waals surface area contributed by atoms with Gasteiger partial charge in [-0.25, -0.2) is 10.8 Å². The number of hydrazine groups is 1. The van der Waals surface area contributed by atoms with E-state index >= 15 is 0 Å². The molecular formula is C11H13N3OS. The van der Waals surface area contributed by atoms with E-state index in [1.807, 2.05) is 23.6 Å². The van der Waals surface area contributed by atoms with Gasteiger partial charge in [0.25, 0.3) is 0 Å². The molecule has 0 fully saturated rings. The molecule has 16 heavy (non-hydrogen) atoms. The number of ether oxygens (including phenoxy) is 1. The van der Waals surface area contributed by atoms with Crippen molar-refractivity contribution >= 4 is 17.2 Å². The number of pyridine rings is 1. The van der Waals surface area contributed by atoms with E-state index in [4.69, 9.17) is 10.6 Å². The van der Waals surface area contributed by atoms with Gasteiger partial charge in [-0.15, -0.1) is 11.3 Å². The van der Waals surface area contributed by atoms with Gasteiger partial charge in [0.05, 0.1) is 13.2 Å². The second-order valence-corrected chi connectivity index (χ2v) is 4.30. The Balaban J connectivity index is 1.81. The zero-order valence-corrected chi connectivity index (χ0v) is 9.54. The second-order valence-electron chi connectivity index (χ2n) is 3.27. The van der Waals surface area contributed by atoms with Crippen LogP contribution in [-0.2, 0) is 18.0 Å². The van der Waals surface area contributed by atoms with Crippen LogP contribution in [0.1, 0.15) is 10.4 Å². The van der Waals surface area contributed by atoms with E-state index in [0.717, 1.165) is 5.56 Å². The van der Waals surface area contributed by atoms with Gasteiger partial charge in [0.2, 0.25) is 0 Å². The molecule has 2 aromatic heterocycles. The molecule has 0 atom stereocenters. The third-order valence-electron chi connectivity index (χ3n) is 2.07. The Labute approximate surface area is 98.1 Å². The lowest BCUT2D eigenvalue weighted by molar-refractivity contribution is 0.109. The normalized spacial score (nSPS) is 10.3. The van der Waals surface area contributed by atoms with Crippen molar-refractivity contribution in [3.05, 3.63) is 46.3 Å². The number of nitrogens with two attached hydrogens (primary N) is 1. The van der Waals surface area contributed by atoms with Crippen LogP contribution in [-0.4, -0.2) is 4.98 Å². The molecule has 5 heteroatoms. The van der Waals surface area contributed by atoms with Crippen molar-refractivity contribution in [3.63, 3.8) is 0 Å². The van der Waals surface area contributed by atoms with Crippen molar-refractivity contribution in [1.29, 1.82) is 0 Å². The van der Waals surface area contributed by atoms with Crippen LogP contribution < -0.4 is 11.3 Å². The molecule has 0 aliphatic heterocycles. The Hall–Kier alpha value is -1.43. The Morgan fingerprint density at radius 1 is 1.31 bits per heavy atom. The van der Waals surface area contributed by atoms with Crippen LogP contribution >= 0.6 is 11.3 Å². The zero-order chi connectivity index (χ0) is 11.2. The molecule has 0 aromatic carbocycles. The fourth-order valence-corrected chi connectivity index (χ4v) is 1.90. The Bertz CT molecular complexity index is 413. The largest absolute Gasteiger partial charge is 0.371 e. The van der Waals surface area contributed by atoms with E-state index in [2.05, 4.69) is 16.5 Å². The molecule has 3 N–H and O–H groups in total. The van der Waals surface area contributed by atoms with Crippen molar-refractivity contribution in [1.82, 2.24) is 4.98 Å². The minimum absolute atomic E-state index is 0.565. The van der Waals surface area contributed by atoms with Gasteiger partial charge in [0.15, 0.2) is 0 Å². The fourth-order valence-electron chi connectivity index (χ4n) is 1.26. The predicted molar refractivity (Wildman–Crippen MR) is 64.9 cm³/mol. The van der Waals surface area contributed by atoms with Gasteiger partial charge in [0.1, 0.15) is 5.82 Å². The van der Waals surface area contributed by atoms with E-state index in [1.54, 1.807) is 17.5 Å². The van der Waals surface area contributed by atoms with Gasteiger partial charge in [-0.3, -0.25) is 0 Å². The molecule has 0 aliphatic rings. The zero-order valence-electron chi connectivity index (χ0n) is 8.72. The third-order valence-corrected chi connectivity index (χ3v) is 2.92. The van der Waals surface area contributed by atoms with Crippen molar-refractivity contribution in [2.45, 2.75) is 13.2 Å². The summed E-state index contributed by atoms with van der Waals surface area (Å²) in [4.78, 5) is 5.33. The van der Waals surface area contributed by atoms with Crippen LogP contribution in [0.5, 0.6) is 0 Å². The molecule has 2 heterocycles. The molecule has 0 amide bonds. The summed E-state index contributed by atoms with van der Waals surface area (Å²) in [5.41, 5.74) is 3.52. The molecule has 84 valence electrons. The lowest BCUT2D eigenvalue weighted by atomic mass is 10.3. The molecule has 0 saturated carbocycles. The molecule has 0 unspecified atom stereocenters. The number of anilines is 1. The SMILES string of the molecule is NNc1ccc(COCc2cccs2)cn1. The summed E-state index contributed by atoms with van der Waals surface area (Å²) in [7, 11) is 0. The predicted octanol–water partition coefficient (Wildman–Crippen LogP) is 2.15. The number of nitrogens with zero attached hydrogens (tertiary/aromatic N) is 1. The van der Waals surface area contributed by atoms with Crippen molar-refractivity contribution in [2.24, 2.45) is 5.84 Å². The summed E-state index contributed by atoms with van der Waals surface area (Å²) in [6, 6.07) is 7.84. The monoisotopic (exact) mass is 235 g/mol. The summed E-state index contributed by atoms with van der Waals surface area (Å²) in [6.45, 7) is 1.21. The average molecular weight is 235 g/mol. The van der Waals surface area contributed by atoms with E-state index in [0.29, 0.717) is 19.0 Å². The van der Waals surface area contributed by atoms with Gasteiger partial charge >= 0.3 is 0 Å². The Morgan fingerprint density at radius 3 is 2.88 bits per heavy atom.